The fourth-order valence-corrected chi connectivity index (χ4v) is 3.32. The van der Waals surface area contributed by atoms with E-state index in [2.05, 4.69) is 4.72 Å². The van der Waals surface area contributed by atoms with E-state index in [0.717, 1.165) is 6.07 Å². The number of hydrogen-bond donors (Lipinski definition) is 2. The van der Waals surface area contributed by atoms with Crippen LogP contribution in [0.4, 0.5) is 5.69 Å². The van der Waals surface area contributed by atoms with E-state index in [9.17, 15) is 18.5 Å². The van der Waals surface area contributed by atoms with Crippen molar-refractivity contribution in [2.45, 2.75) is 44.6 Å². The van der Waals surface area contributed by atoms with Crippen LogP contribution >= 0.6 is 0 Å². The molecule has 0 aromatic heterocycles. The minimum Gasteiger partial charge on any atom is -0.396 e. The van der Waals surface area contributed by atoms with Crippen molar-refractivity contribution < 1.29 is 18.4 Å². The zero-order chi connectivity index (χ0) is 16.2. The molecule has 118 valence electrons. The van der Waals surface area contributed by atoms with Crippen LogP contribution in [-0.2, 0) is 10.0 Å². The van der Waals surface area contributed by atoms with Gasteiger partial charge in [-0.1, -0.05) is 0 Å². The third kappa shape index (κ3) is 4.48. The summed E-state index contributed by atoms with van der Waals surface area (Å²) in [5.74, 6) is 0. The van der Waals surface area contributed by atoms with Crippen molar-refractivity contribution in [2.24, 2.45) is 0 Å². The third-order valence-corrected chi connectivity index (χ3v) is 4.84. The van der Waals surface area contributed by atoms with Crippen molar-refractivity contribution in [3.63, 3.8) is 0 Å². The van der Waals surface area contributed by atoms with Gasteiger partial charge in [-0.2, -0.15) is 0 Å². The molecule has 2 N–H and O–H groups in total. The maximum absolute atomic E-state index is 12.2. The molecule has 0 aliphatic heterocycles. The van der Waals surface area contributed by atoms with Gasteiger partial charge in [-0.05, 0) is 45.2 Å². The van der Waals surface area contributed by atoms with Crippen LogP contribution in [0.15, 0.2) is 17.0 Å². The maximum atomic E-state index is 12.2. The lowest BCUT2D eigenvalue weighted by atomic mass is 10.1. The molecule has 0 spiro atoms. The van der Waals surface area contributed by atoms with Crippen LogP contribution < -0.4 is 4.72 Å². The molecule has 0 aliphatic rings. The lowest BCUT2D eigenvalue weighted by Crippen LogP contribution is -2.32. The molecule has 1 rings (SSSR count). The van der Waals surface area contributed by atoms with Gasteiger partial charge in [0.1, 0.15) is 0 Å². The second-order valence-corrected chi connectivity index (χ2v) is 6.74. The van der Waals surface area contributed by atoms with Crippen LogP contribution in [-0.4, -0.2) is 31.1 Å². The lowest BCUT2D eigenvalue weighted by molar-refractivity contribution is -0.385. The molecule has 0 saturated carbocycles. The van der Waals surface area contributed by atoms with Gasteiger partial charge in [0, 0.05) is 24.3 Å². The molecule has 0 heterocycles. The Labute approximate surface area is 124 Å². The molecule has 0 aliphatic carbocycles. The zero-order valence-electron chi connectivity index (χ0n) is 12.3. The first-order valence-electron chi connectivity index (χ1n) is 6.58. The molecule has 0 bridgehead atoms. The maximum Gasteiger partial charge on any atom is 0.273 e. The van der Waals surface area contributed by atoms with Gasteiger partial charge in [-0.15, -0.1) is 0 Å². The fraction of sp³-hybridized carbons (Fsp3) is 0.538. The van der Waals surface area contributed by atoms with E-state index in [4.69, 9.17) is 5.11 Å². The van der Waals surface area contributed by atoms with Crippen LogP contribution in [0.25, 0.3) is 0 Å². The quantitative estimate of drug-likeness (QED) is 0.587. The molecular formula is C13H20N2O5S. The monoisotopic (exact) mass is 316 g/mol. The molecule has 1 aromatic rings. The highest BCUT2D eigenvalue weighted by molar-refractivity contribution is 7.89. The van der Waals surface area contributed by atoms with Crippen molar-refractivity contribution in [1.29, 1.82) is 0 Å². The average Bonchev–Trinajstić information content (AvgIpc) is 2.38. The molecule has 1 unspecified atom stereocenters. The molecule has 0 amide bonds. The third-order valence-electron chi connectivity index (χ3n) is 3.27. The second kappa shape index (κ2) is 6.97. The van der Waals surface area contributed by atoms with Crippen LogP contribution in [0.2, 0.25) is 0 Å². The summed E-state index contributed by atoms with van der Waals surface area (Å²) in [5, 5.41) is 19.7. The number of rotatable bonds is 7. The van der Waals surface area contributed by atoms with Gasteiger partial charge in [-0.25, -0.2) is 13.1 Å². The molecule has 0 fully saturated rings. The average molecular weight is 316 g/mol. The Morgan fingerprint density at radius 1 is 1.38 bits per heavy atom. The van der Waals surface area contributed by atoms with Crippen molar-refractivity contribution in [2.75, 3.05) is 6.61 Å². The largest absolute Gasteiger partial charge is 0.396 e. The first-order valence-corrected chi connectivity index (χ1v) is 8.06. The normalized spacial score (nSPS) is 13.1. The molecular weight excluding hydrogens is 296 g/mol. The fourth-order valence-electron chi connectivity index (χ4n) is 1.94. The van der Waals surface area contributed by atoms with E-state index in [1.165, 1.54) is 6.07 Å². The highest BCUT2D eigenvalue weighted by atomic mass is 32.2. The molecule has 7 nitrogen and oxygen atoms in total. The van der Waals surface area contributed by atoms with E-state index < -0.39 is 14.9 Å². The van der Waals surface area contributed by atoms with Crippen molar-refractivity contribution in [3.05, 3.63) is 33.4 Å². The van der Waals surface area contributed by atoms with Crippen molar-refractivity contribution >= 4 is 15.7 Å². The predicted octanol–water partition coefficient (Wildman–Crippen LogP) is 1.65. The molecule has 1 atom stereocenters. The highest BCUT2D eigenvalue weighted by Gasteiger charge is 2.23. The van der Waals surface area contributed by atoms with Crippen LogP contribution in [0.1, 0.15) is 30.9 Å². The summed E-state index contributed by atoms with van der Waals surface area (Å²) >= 11 is 0. The van der Waals surface area contributed by atoms with E-state index in [0.29, 0.717) is 24.0 Å². The summed E-state index contributed by atoms with van der Waals surface area (Å²) in [5.41, 5.74) is 0.790. The Balaban J connectivity index is 3.12. The van der Waals surface area contributed by atoms with Gasteiger partial charge in [-0.3, -0.25) is 10.1 Å². The van der Waals surface area contributed by atoms with Crippen LogP contribution in [0.3, 0.4) is 0 Å². The standard InChI is InChI=1S/C13H20N2O5S/c1-9-7-12(8-13(11(9)3)15(17)18)21(19,20)14-10(2)5-4-6-16/h7-8,10,14,16H,4-6H2,1-3H3. The van der Waals surface area contributed by atoms with Crippen LogP contribution in [0.5, 0.6) is 0 Å². The number of aliphatic hydroxyl groups excluding tert-OH is 1. The number of benzene rings is 1. The van der Waals surface area contributed by atoms with Crippen molar-refractivity contribution in [1.82, 2.24) is 4.72 Å². The molecule has 0 radical (unpaired) electrons. The van der Waals surface area contributed by atoms with E-state index in [1.807, 2.05) is 0 Å². The van der Waals surface area contributed by atoms with E-state index in [1.54, 1.807) is 20.8 Å². The van der Waals surface area contributed by atoms with Gasteiger partial charge in [0.25, 0.3) is 5.69 Å². The van der Waals surface area contributed by atoms with E-state index in [-0.39, 0.29) is 23.2 Å². The van der Waals surface area contributed by atoms with Crippen LogP contribution in [0, 0.1) is 24.0 Å². The van der Waals surface area contributed by atoms with Gasteiger partial charge < -0.3 is 5.11 Å². The Bertz CT molecular complexity index is 628. The number of aryl methyl sites for hydroxylation is 1. The van der Waals surface area contributed by atoms with Crippen molar-refractivity contribution in [3.8, 4) is 0 Å². The Morgan fingerprint density at radius 3 is 2.52 bits per heavy atom. The lowest BCUT2D eigenvalue weighted by Gasteiger charge is -2.14. The Kier molecular flexibility index (Phi) is 5.82. The summed E-state index contributed by atoms with van der Waals surface area (Å²) in [4.78, 5) is 10.3. The summed E-state index contributed by atoms with van der Waals surface area (Å²) < 4.78 is 27.0. The number of nitro benzene ring substituents is 1. The second-order valence-electron chi connectivity index (χ2n) is 5.03. The number of aliphatic hydroxyl groups is 1. The van der Waals surface area contributed by atoms with Gasteiger partial charge in [0.15, 0.2) is 0 Å². The summed E-state index contributed by atoms with van der Waals surface area (Å²) in [7, 11) is -3.82. The highest BCUT2D eigenvalue weighted by Crippen LogP contribution is 2.26. The molecule has 21 heavy (non-hydrogen) atoms. The number of nitrogens with zero attached hydrogens (tertiary/aromatic N) is 1. The Morgan fingerprint density at radius 2 is 2.00 bits per heavy atom. The SMILES string of the molecule is Cc1cc(S(=O)(=O)NC(C)CCCO)cc([N+](=O)[O-])c1C. The number of hydrogen-bond acceptors (Lipinski definition) is 5. The minimum absolute atomic E-state index is 0.0127. The smallest absolute Gasteiger partial charge is 0.273 e. The summed E-state index contributed by atoms with van der Waals surface area (Å²) in [6.07, 6.45) is 0.972. The summed E-state index contributed by atoms with van der Waals surface area (Å²) in [6.45, 7) is 4.89. The Hall–Kier alpha value is -1.51. The minimum atomic E-state index is -3.82. The van der Waals surface area contributed by atoms with E-state index >= 15 is 0 Å². The van der Waals surface area contributed by atoms with Gasteiger partial charge >= 0.3 is 0 Å². The van der Waals surface area contributed by atoms with Gasteiger partial charge in [0.2, 0.25) is 10.0 Å². The number of nitro groups is 1. The number of sulfonamides is 1. The summed E-state index contributed by atoms with van der Waals surface area (Å²) in [6, 6.07) is 2.13. The topological polar surface area (TPSA) is 110 Å². The molecule has 1 aromatic carbocycles. The molecule has 8 heteroatoms. The molecule has 0 saturated heterocycles. The first-order chi connectivity index (χ1) is 9.69. The van der Waals surface area contributed by atoms with Gasteiger partial charge in [0.05, 0.1) is 9.82 Å². The zero-order valence-corrected chi connectivity index (χ0v) is 13.1. The predicted molar refractivity (Wildman–Crippen MR) is 78.7 cm³/mol. The first kappa shape index (κ1) is 17.5. The number of nitrogens with one attached hydrogen (secondary N) is 1.